The molecule has 18 heavy (non-hydrogen) atoms. The van der Waals surface area contributed by atoms with Gasteiger partial charge in [-0.2, -0.15) is 0 Å². The fourth-order valence-corrected chi connectivity index (χ4v) is 2.03. The van der Waals surface area contributed by atoms with Crippen molar-refractivity contribution in [2.45, 2.75) is 59.7 Å². The zero-order valence-electron chi connectivity index (χ0n) is 12.4. The summed E-state index contributed by atoms with van der Waals surface area (Å²) in [6.07, 6.45) is 3.03. The topological polar surface area (TPSA) is 28.2 Å². The Morgan fingerprint density at radius 2 is 2.00 bits per heavy atom. The maximum absolute atomic E-state index is 4.58. The van der Waals surface area contributed by atoms with Gasteiger partial charge >= 0.3 is 0 Å². The number of aromatic nitrogens is 1. The van der Waals surface area contributed by atoms with Gasteiger partial charge in [0.05, 0.1) is 0 Å². The molecular formula is C15H27N3. The van der Waals surface area contributed by atoms with Crippen molar-refractivity contribution in [3.63, 3.8) is 0 Å². The number of rotatable bonds is 7. The van der Waals surface area contributed by atoms with E-state index in [9.17, 15) is 0 Å². The molecule has 1 N–H and O–H groups in total. The van der Waals surface area contributed by atoms with Crippen molar-refractivity contribution < 1.29 is 0 Å². The van der Waals surface area contributed by atoms with Gasteiger partial charge in [0, 0.05) is 36.9 Å². The van der Waals surface area contributed by atoms with Gasteiger partial charge in [0.1, 0.15) is 5.82 Å². The first-order chi connectivity index (χ1) is 8.60. The molecular weight excluding hydrogens is 222 g/mol. The maximum Gasteiger partial charge on any atom is 0.133 e. The molecule has 1 atom stereocenters. The van der Waals surface area contributed by atoms with E-state index in [4.69, 9.17) is 0 Å². The van der Waals surface area contributed by atoms with Gasteiger partial charge in [0.2, 0.25) is 0 Å². The summed E-state index contributed by atoms with van der Waals surface area (Å²) in [6.45, 7) is 12.9. The quantitative estimate of drug-likeness (QED) is 0.804. The Morgan fingerprint density at radius 1 is 1.28 bits per heavy atom. The fourth-order valence-electron chi connectivity index (χ4n) is 2.03. The predicted octanol–water partition coefficient (Wildman–Crippen LogP) is 3.20. The Labute approximate surface area is 112 Å². The molecule has 102 valence electrons. The van der Waals surface area contributed by atoms with Crippen LogP contribution in [0.3, 0.4) is 0 Å². The Kier molecular flexibility index (Phi) is 6.13. The van der Waals surface area contributed by atoms with E-state index in [-0.39, 0.29) is 0 Å². The molecule has 1 unspecified atom stereocenters. The standard InChI is InChI=1S/C15H27N3/c1-6-13(5)18(7-2)15-14(9-8-10-16-15)11-17-12(3)4/h8-10,12-13,17H,6-7,11H2,1-5H3. The summed E-state index contributed by atoms with van der Waals surface area (Å²) < 4.78 is 0. The maximum atomic E-state index is 4.58. The van der Waals surface area contributed by atoms with Crippen molar-refractivity contribution in [2.75, 3.05) is 11.4 Å². The minimum absolute atomic E-state index is 0.497. The molecule has 0 aliphatic carbocycles. The monoisotopic (exact) mass is 249 g/mol. The van der Waals surface area contributed by atoms with Gasteiger partial charge in [-0.3, -0.25) is 0 Å². The Hall–Kier alpha value is -1.09. The average Bonchev–Trinajstić information content (AvgIpc) is 2.38. The highest BCUT2D eigenvalue weighted by Gasteiger charge is 2.15. The SMILES string of the molecule is CCC(C)N(CC)c1ncccc1CNC(C)C. The first-order valence-electron chi connectivity index (χ1n) is 7.04. The van der Waals surface area contributed by atoms with E-state index >= 15 is 0 Å². The second-order valence-corrected chi connectivity index (χ2v) is 5.07. The molecule has 1 aromatic heterocycles. The van der Waals surface area contributed by atoms with E-state index in [1.165, 1.54) is 5.56 Å². The lowest BCUT2D eigenvalue weighted by atomic mass is 10.1. The summed E-state index contributed by atoms with van der Waals surface area (Å²) >= 11 is 0. The van der Waals surface area contributed by atoms with Gasteiger partial charge in [-0.25, -0.2) is 4.98 Å². The molecule has 3 nitrogen and oxygen atoms in total. The number of nitrogens with one attached hydrogen (secondary N) is 1. The normalized spacial score (nSPS) is 12.8. The van der Waals surface area contributed by atoms with Crippen molar-refractivity contribution in [1.82, 2.24) is 10.3 Å². The molecule has 0 aliphatic heterocycles. The van der Waals surface area contributed by atoms with Crippen LogP contribution in [0.4, 0.5) is 5.82 Å². The van der Waals surface area contributed by atoms with Crippen molar-refractivity contribution in [3.05, 3.63) is 23.9 Å². The highest BCUT2D eigenvalue weighted by Crippen LogP contribution is 2.20. The molecule has 0 aromatic carbocycles. The molecule has 1 rings (SSSR count). The van der Waals surface area contributed by atoms with Crippen LogP contribution in [0.1, 0.15) is 46.6 Å². The summed E-state index contributed by atoms with van der Waals surface area (Å²) in [5.74, 6) is 1.13. The summed E-state index contributed by atoms with van der Waals surface area (Å²) in [6, 6.07) is 5.22. The van der Waals surface area contributed by atoms with E-state index in [0.717, 1.165) is 25.3 Å². The molecule has 0 saturated heterocycles. The number of pyridine rings is 1. The van der Waals surface area contributed by atoms with Crippen LogP contribution in [0.15, 0.2) is 18.3 Å². The van der Waals surface area contributed by atoms with Crippen LogP contribution in [0, 0.1) is 0 Å². The molecule has 0 fully saturated rings. The first-order valence-corrected chi connectivity index (χ1v) is 7.04. The Bertz CT molecular complexity index is 349. The summed E-state index contributed by atoms with van der Waals surface area (Å²) in [7, 11) is 0. The van der Waals surface area contributed by atoms with Crippen LogP contribution in [-0.4, -0.2) is 23.6 Å². The van der Waals surface area contributed by atoms with Crippen LogP contribution in [0.25, 0.3) is 0 Å². The van der Waals surface area contributed by atoms with E-state index in [1.807, 2.05) is 12.3 Å². The molecule has 1 aromatic rings. The first kappa shape index (κ1) is 15.0. The molecule has 0 radical (unpaired) electrons. The highest BCUT2D eigenvalue weighted by molar-refractivity contribution is 5.47. The van der Waals surface area contributed by atoms with Crippen LogP contribution < -0.4 is 10.2 Å². The number of hydrogen-bond donors (Lipinski definition) is 1. The van der Waals surface area contributed by atoms with Gasteiger partial charge in [0.15, 0.2) is 0 Å². The van der Waals surface area contributed by atoms with Crippen LogP contribution in [-0.2, 0) is 6.54 Å². The smallest absolute Gasteiger partial charge is 0.133 e. The molecule has 3 heteroatoms. The zero-order valence-corrected chi connectivity index (χ0v) is 12.4. The number of anilines is 1. The molecule has 0 spiro atoms. The molecule has 1 heterocycles. The van der Waals surface area contributed by atoms with E-state index in [1.54, 1.807) is 0 Å². The molecule has 0 saturated carbocycles. The fraction of sp³-hybridized carbons (Fsp3) is 0.667. The summed E-state index contributed by atoms with van der Waals surface area (Å²) in [5, 5.41) is 3.47. The second-order valence-electron chi connectivity index (χ2n) is 5.07. The van der Waals surface area contributed by atoms with Crippen LogP contribution in [0.2, 0.25) is 0 Å². The number of hydrogen-bond acceptors (Lipinski definition) is 3. The van der Waals surface area contributed by atoms with Crippen LogP contribution in [0.5, 0.6) is 0 Å². The highest BCUT2D eigenvalue weighted by atomic mass is 15.2. The Balaban J connectivity index is 2.91. The van der Waals surface area contributed by atoms with Gasteiger partial charge in [-0.05, 0) is 26.3 Å². The van der Waals surface area contributed by atoms with Crippen molar-refractivity contribution >= 4 is 5.82 Å². The summed E-state index contributed by atoms with van der Waals surface area (Å²) in [5.41, 5.74) is 1.29. The third kappa shape index (κ3) is 3.98. The molecule has 0 bridgehead atoms. The molecule has 0 aliphatic rings. The second kappa shape index (κ2) is 7.37. The third-order valence-corrected chi connectivity index (χ3v) is 3.30. The average molecular weight is 249 g/mol. The zero-order chi connectivity index (χ0) is 13.5. The van der Waals surface area contributed by atoms with Crippen LogP contribution >= 0.6 is 0 Å². The lowest BCUT2D eigenvalue weighted by Gasteiger charge is -2.30. The number of nitrogens with zero attached hydrogens (tertiary/aromatic N) is 2. The van der Waals surface area contributed by atoms with Gasteiger partial charge in [-0.1, -0.05) is 26.8 Å². The van der Waals surface area contributed by atoms with Gasteiger partial charge in [0.25, 0.3) is 0 Å². The Morgan fingerprint density at radius 3 is 2.56 bits per heavy atom. The van der Waals surface area contributed by atoms with E-state index < -0.39 is 0 Å². The van der Waals surface area contributed by atoms with E-state index in [0.29, 0.717) is 12.1 Å². The molecule has 0 amide bonds. The van der Waals surface area contributed by atoms with Gasteiger partial charge < -0.3 is 10.2 Å². The van der Waals surface area contributed by atoms with Crippen molar-refractivity contribution in [1.29, 1.82) is 0 Å². The summed E-state index contributed by atoms with van der Waals surface area (Å²) in [4.78, 5) is 6.97. The van der Waals surface area contributed by atoms with E-state index in [2.05, 4.69) is 55.9 Å². The van der Waals surface area contributed by atoms with Gasteiger partial charge in [-0.15, -0.1) is 0 Å². The van der Waals surface area contributed by atoms with Crippen molar-refractivity contribution in [2.24, 2.45) is 0 Å². The predicted molar refractivity (Wildman–Crippen MR) is 79.0 cm³/mol. The minimum atomic E-state index is 0.497. The minimum Gasteiger partial charge on any atom is -0.354 e. The largest absolute Gasteiger partial charge is 0.354 e. The third-order valence-electron chi connectivity index (χ3n) is 3.30. The lowest BCUT2D eigenvalue weighted by Crippen LogP contribution is -2.34. The van der Waals surface area contributed by atoms with Crippen molar-refractivity contribution in [3.8, 4) is 0 Å². The lowest BCUT2D eigenvalue weighted by molar-refractivity contribution is 0.579.